The standard InChI is InChI=1S/C24H25N5O5S/c25-35(32,33)34-14-18-12-20(24(31)23(18)30)27-21-9-10-26-22-13-19(28-29(21)22)17-8-4-7-16(11-17)15-5-2-1-3-6-15/h1-11,13,18,20,23-24,27,30-31H,12,14H2,(H2,25,32,33). The Balaban J connectivity index is 1.39. The number of aliphatic hydroxyl groups is 2. The molecule has 0 amide bonds. The highest BCUT2D eigenvalue weighted by molar-refractivity contribution is 7.84. The van der Waals surface area contributed by atoms with Gasteiger partial charge in [-0.1, -0.05) is 48.5 Å². The number of nitrogens with zero attached hydrogens (tertiary/aromatic N) is 3. The topological polar surface area (TPSA) is 152 Å². The SMILES string of the molecule is NS(=O)(=O)OCC1CC(Nc2ccnc3cc(-c4cccc(-c5ccccc5)c4)nn23)C(O)C1O. The van der Waals surface area contributed by atoms with E-state index in [9.17, 15) is 18.6 Å². The Morgan fingerprint density at radius 1 is 1.00 bits per heavy atom. The van der Waals surface area contributed by atoms with Crippen LogP contribution < -0.4 is 10.5 Å². The molecule has 0 spiro atoms. The monoisotopic (exact) mass is 495 g/mol. The molecule has 11 heteroatoms. The van der Waals surface area contributed by atoms with Crippen molar-refractivity contribution in [2.45, 2.75) is 24.7 Å². The minimum absolute atomic E-state index is 0.273. The lowest BCUT2D eigenvalue weighted by Crippen LogP contribution is -2.36. The second kappa shape index (κ2) is 9.36. The Hall–Kier alpha value is -3.35. The van der Waals surface area contributed by atoms with Gasteiger partial charge in [-0.2, -0.15) is 18.0 Å². The zero-order valence-electron chi connectivity index (χ0n) is 18.6. The summed E-state index contributed by atoms with van der Waals surface area (Å²) >= 11 is 0. The number of aromatic nitrogens is 3. The van der Waals surface area contributed by atoms with Crippen molar-refractivity contribution in [3.8, 4) is 22.4 Å². The molecule has 1 aliphatic rings. The fourth-order valence-corrected chi connectivity index (χ4v) is 4.80. The summed E-state index contributed by atoms with van der Waals surface area (Å²) in [5, 5.41) is 33.7. The summed E-state index contributed by atoms with van der Waals surface area (Å²) in [6, 6.07) is 21.2. The van der Waals surface area contributed by atoms with Gasteiger partial charge in [0.15, 0.2) is 5.65 Å². The minimum atomic E-state index is -4.14. The third kappa shape index (κ3) is 5.04. The molecular weight excluding hydrogens is 470 g/mol. The number of rotatable bonds is 7. The van der Waals surface area contributed by atoms with Crippen LogP contribution in [0.15, 0.2) is 72.9 Å². The van der Waals surface area contributed by atoms with Crippen molar-refractivity contribution in [2.75, 3.05) is 11.9 Å². The highest BCUT2D eigenvalue weighted by Crippen LogP contribution is 2.31. The summed E-state index contributed by atoms with van der Waals surface area (Å²) < 4.78 is 28.4. The van der Waals surface area contributed by atoms with Gasteiger partial charge in [-0.05, 0) is 29.7 Å². The number of fused-ring (bicyclic) bond motifs is 1. The molecule has 5 N–H and O–H groups in total. The number of hydrogen-bond acceptors (Lipinski definition) is 8. The van der Waals surface area contributed by atoms with Crippen LogP contribution in [0.5, 0.6) is 0 Å². The molecule has 0 radical (unpaired) electrons. The van der Waals surface area contributed by atoms with Crippen molar-refractivity contribution in [1.82, 2.24) is 14.6 Å². The van der Waals surface area contributed by atoms with Crippen LogP contribution in [0.25, 0.3) is 28.0 Å². The van der Waals surface area contributed by atoms with E-state index >= 15 is 0 Å². The van der Waals surface area contributed by atoms with Gasteiger partial charge >= 0.3 is 10.3 Å². The van der Waals surface area contributed by atoms with Gasteiger partial charge in [0.2, 0.25) is 0 Å². The van der Waals surface area contributed by atoms with Gasteiger partial charge < -0.3 is 15.5 Å². The van der Waals surface area contributed by atoms with E-state index in [0.717, 1.165) is 22.4 Å². The molecule has 1 saturated carbocycles. The van der Waals surface area contributed by atoms with E-state index < -0.39 is 34.5 Å². The third-order valence-corrected chi connectivity index (χ3v) is 6.67. The van der Waals surface area contributed by atoms with Crippen molar-refractivity contribution in [1.29, 1.82) is 0 Å². The van der Waals surface area contributed by atoms with E-state index in [1.54, 1.807) is 16.8 Å². The number of benzene rings is 2. The smallest absolute Gasteiger partial charge is 0.333 e. The minimum Gasteiger partial charge on any atom is -0.390 e. The maximum atomic E-state index is 11.1. The van der Waals surface area contributed by atoms with E-state index in [2.05, 4.69) is 32.7 Å². The van der Waals surface area contributed by atoms with Crippen LogP contribution in [0.4, 0.5) is 5.82 Å². The van der Waals surface area contributed by atoms with Gasteiger partial charge in [-0.3, -0.25) is 4.18 Å². The fourth-order valence-electron chi connectivity index (χ4n) is 4.44. The van der Waals surface area contributed by atoms with E-state index in [1.165, 1.54) is 0 Å². The molecule has 35 heavy (non-hydrogen) atoms. The van der Waals surface area contributed by atoms with Gasteiger partial charge in [-0.15, -0.1) is 0 Å². The normalized spacial score (nSPS) is 22.5. The molecule has 2 aromatic heterocycles. The molecule has 4 aromatic rings. The molecule has 4 unspecified atom stereocenters. The second-order valence-electron chi connectivity index (χ2n) is 8.58. The summed E-state index contributed by atoms with van der Waals surface area (Å²) in [4.78, 5) is 4.40. The zero-order chi connectivity index (χ0) is 24.6. The van der Waals surface area contributed by atoms with Gasteiger partial charge in [0.1, 0.15) is 11.9 Å². The first kappa shape index (κ1) is 23.4. The van der Waals surface area contributed by atoms with Crippen LogP contribution in [0.2, 0.25) is 0 Å². The zero-order valence-corrected chi connectivity index (χ0v) is 19.4. The molecule has 2 aromatic carbocycles. The third-order valence-electron chi connectivity index (χ3n) is 6.20. The van der Waals surface area contributed by atoms with Crippen LogP contribution in [0, 0.1) is 5.92 Å². The van der Waals surface area contributed by atoms with E-state index in [0.29, 0.717) is 11.5 Å². The quantitative estimate of drug-likeness (QED) is 0.303. The van der Waals surface area contributed by atoms with Crippen LogP contribution in [0.1, 0.15) is 6.42 Å². The van der Waals surface area contributed by atoms with Gasteiger partial charge in [0, 0.05) is 23.7 Å². The lowest BCUT2D eigenvalue weighted by molar-refractivity contribution is 0.00777. The highest BCUT2D eigenvalue weighted by Gasteiger charge is 2.42. The van der Waals surface area contributed by atoms with Gasteiger partial charge in [0.25, 0.3) is 0 Å². The van der Waals surface area contributed by atoms with Crippen molar-refractivity contribution >= 4 is 21.8 Å². The summed E-state index contributed by atoms with van der Waals surface area (Å²) in [6.45, 7) is -0.315. The Bertz CT molecular complexity index is 1440. The maximum absolute atomic E-state index is 11.1. The first-order chi connectivity index (χ1) is 16.8. The molecular formula is C24H25N5O5S. The highest BCUT2D eigenvalue weighted by atomic mass is 32.2. The molecule has 182 valence electrons. The Morgan fingerprint density at radius 2 is 1.74 bits per heavy atom. The molecule has 0 bridgehead atoms. The van der Waals surface area contributed by atoms with Crippen LogP contribution in [0.3, 0.4) is 0 Å². The largest absolute Gasteiger partial charge is 0.390 e. The summed E-state index contributed by atoms with van der Waals surface area (Å²) in [5.41, 5.74) is 4.45. The lowest BCUT2D eigenvalue weighted by Gasteiger charge is -2.19. The Labute approximate surface area is 202 Å². The predicted octanol–water partition coefficient (Wildman–Crippen LogP) is 1.81. The predicted molar refractivity (Wildman–Crippen MR) is 130 cm³/mol. The van der Waals surface area contributed by atoms with Gasteiger partial charge in [0.05, 0.1) is 24.4 Å². The molecule has 5 rings (SSSR count). The van der Waals surface area contributed by atoms with Crippen molar-refractivity contribution < 1.29 is 22.8 Å². The summed E-state index contributed by atoms with van der Waals surface area (Å²) in [6.07, 6.45) is -0.400. The number of nitrogens with two attached hydrogens (primary N) is 1. The van der Waals surface area contributed by atoms with Gasteiger partial charge in [-0.25, -0.2) is 10.1 Å². The Kier molecular flexibility index (Phi) is 6.26. The first-order valence-corrected chi connectivity index (χ1v) is 12.6. The second-order valence-corrected chi connectivity index (χ2v) is 9.80. The van der Waals surface area contributed by atoms with E-state index in [1.807, 2.05) is 42.5 Å². The average molecular weight is 496 g/mol. The molecule has 2 heterocycles. The van der Waals surface area contributed by atoms with Crippen LogP contribution >= 0.6 is 0 Å². The summed E-state index contributed by atoms with van der Waals surface area (Å²) in [7, 11) is -4.14. The molecule has 4 atom stereocenters. The number of anilines is 1. The van der Waals surface area contributed by atoms with Crippen molar-refractivity contribution in [3.05, 3.63) is 72.9 Å². The average Bonchev–Trinajstić information content (AvgIpc) is 3.41. The van der Waals surface area contributed by atoms with E-state index in [4.69, 9.17) is 10.2 Å². The number of hydrogen-bond donors (Lipinski definition) is 4. The molecule has 1 fully saturated rings. The molecule has 0 saturated heterocycles. The summed E-state index contributed by atoms with van der Waals surface area (Å²) in [5.74, 6) is -0.0307. The van der Waals surface area contributed by atoms with E-state index in [-0.39, 0.29) is 13.0 Å². The van der Waals surface area contributed by atoms with Crippen molar-refractivity contribution in [3.63, 3.8) is 0 Å². The number of aliphatic hydroxyl groups excluding tert-OH is 2. The molecule has 0 aliphatic heterocycles. The van der Waals surface area contributed by atoms with Crippen LogP contribution in [-0.2, 0) is 14.5 Å². The van der Waals surface area contributed by atoms with Crippen molar-refractivity contribution in [2.24, 2.45) is 11.1 Å². The maximum Gasteiger partial charge on any atom is 0.333 e. The number of nitrogens with one attached hydrogen (secondary N) is 1. The molecule has 1 aliphatic carbocycles. The first-order valence-electron chi connectivity index (χ1n) is 11.1. The fraction of sp³-hybridized carbons (Fsp3) is 0.250. The lowest BCUT2D eigenvalue weighted by atomic mass is 10.0. The van der Waals surface area contributed by atoms with Crippen LogP contribution in [-0.4, -0.2) is 58.1 Å². The Morgan fingerprint density at radius 3 is 2.51 bits per heavy atom. The molecule has 10 nitrogen and oxygen atoms in total.